The minimum absolute atomic E-state index is 0.0685. The molecule has 1 aliphatic heterocycles. The SMILES string of the molecule is NC1CCCCC1C(=O)N1CCc2sccc2C1. The molecule has 0 saturated heterocycles. The van der Waals surface area contributed by atoms with E-state index in [-0.39, 0.29) is 12.0 Å². The van der Waals surface area contributed by atoms with Crippen molar-refractivity contribution in [3.63, 3.8) is 0 Å². The first kappa shape index (κ1) is 12.2. The molecule has 1 fully saturated rings. The lowest BCUT2D eigenvalue weighted by molar-refractivity contribution is -0.138. The highest BCUT2D eigenvalue weighted by atomic mass is 32.1. The van der Waals surface area contributed by atoms with Gasteiger partial charge in [0.15, 0.2) is 0 Å². The second-order valence-corrected chi connectivity index (χ2v) is 6.43. The molecule has 0 spiro atoms. The smallest absolute Gasteiger partial charge is 0.227 e. The zero-order valence-electron chi connectivity index (χ0n) is 10.6. The summed E-state index contributed by atoms with van der Waals surface area (Å²) in [5, 5.41) is 2.13. The van der Waals surface area contributed by atoms with Crippen LogP contribution in [0.3, 0.4) is 0 Å². The summed E-state index contributed by atoms with van der Waals surface area (Å²) >= 11 is 1.81. The van der Waals surface area contributed by atoms with E-state index in [2.05, 4.69) is 11.4 Å². The molecule has 2 aliphatic rings. The average Bonchev–Trinajstić information content (AvgIpc) is 2.85. The molecule has 2 heterocycles. The quantitative estimate of drug-likeness (QED) is 0.845. The van der Waals surface area contributed by atoms with Crippen LogP contribution in [0.4, 0.5) is 0 Å². The summed E-state index contributed by atoms with van der Waals surface area (Å²) in [7, 11) is 0. The van der Waals surface area contributed by atoms with Gasteiger partial charge in [0.1, 0.15) is 0 Å². The fourth-order valence-corrected chi connectivity index (χ4v) is 4.03. The van der Waals surface area contributed by atoms with Crippen LogP contribution in [0, 0.1) is 5.92 Å². The maximum absolute atomic E-state index is 12.5. The molecule has 0 bridgehead atoms. The Balaban J connectivity index is 1.70. The first-order valence-electron chi connectivity index (χ1n) is 6.85. The molecule has 2 N–H and O–H groups in total. The Morgan fingerprint density at radius 2 is 2.22 bits per heavy atom. The van der Waals surface area contributed by atoms with Crippen LogP contribution in [-0.4, -0.2) is 23.4 Å². The molecular weight excluding hydrogens is 244 g/mol. The molecule has 3 rings (SSSR count). The summed E-state index contributed by atoms with van der Waals surface area (Å²) in [6, 6.07) is 2.23. The third kappa shape index (κ3) is 2.19. The summed E-state index contributed by atoms with van der Waals surface area (Å²) in [6.45, 7) is 1.66. The number of fused-ring (bicyclic) bond motifs is 1. The minimum atomic E-state index is 0.0685. The van der Waals surface area contributed by atoms with E-state index in [1.165, 1.54) is 16.9 Å². The lowest BCUT2D eigenvalue weighted by atomic mass is 9.84. The van der Waals surface area contributed by atoms with E-state index in [1.54, 1.807) is 0 Å². The summed E-state index contributed by atoms with van der Waals surface area (Å²) < 4.78 is 0. The van der Waals surface area contributed by atoms with Gasteiger partial charge in [-0.3, -0.25) is 4.79 Å². The summed E-state index contributed by atoms with van der Waals surface area (Å²) in [4.78, 5) is 16.0. The molecule has 1 aliphatic carbocycles. The molecule has 1 aromatic rings. The predicted molar refractivity (Wildman–Crippen MR) is 73.4 cm³/mol. The van der Waals surface area contributed by atoms with Gasteiger partial charge in [-0.1, -0.05) is 12.8 Å². The van der Waals surface area contributed by atoms with E-state index >= 15 is 0 Å². The number of thiophene rings is 1. The van der Waals surface area contributed by atoms with Crippen molar-refractivity contribution in [1.82, 2.24) is 4.90 Å². The van der Waals surface area contributed by atoms with Crippen LogP contribution in [0.25, 0.3) is 0 Å². The third-order valence-electron chi connectivity index (χ3n) is 4.26. The van der Waals surface area contributed by atoms with E-state index in [0.29, 0.717) is 5.91 Å². The van der Waals surface area contributed by atoms with Crippen LogP contribution in [0.1, 0.15) is 36.1 Å². The van der Waals surface area contributed by atoms with Crippen molar-refractivity contribution >= 4 is 17.2 Å². The molecule has 4 heteroatoms. The number of nitrogens with two attached hydrogens (primary N) is 1. The van der Waals surface area contributed by atoms with Crippen molar-refractivity contribution in [2.75, 3.05) is 6.54 Å². The third-order valence-corrected chi connectivity index (χ3v) is 5.28. The first-order valence-corrected chi connectivity index (χ1v) is 7.73. The molecule has 1 aromatic heterocycles. The molecule has 2 atom stereocenters. The number of rotatable bonds is 1. The van der Waals surface area contributed by atoms with Gasteiger partial charge >= 0.3 is 0 Å². The molecule has 1 amide bonds. The van der Waals surface area contributed by atoms with Gasteiger partial charge in [0.05, 0.1) is 5.92 Å². The van der Waals surface area contributed by atoms with Gasteiger partial charge in [-0.05, 0) is 36.3 Å². The molecule has 0 aromatic carbocycles. The van der Waals surface area contributed by atoms with E-state index in [9.17, 15) is 4.79 Å². The van der Waals surface area contributed by atoms with Gasteiger partial charge in [-0.15, -0.1) is 11.3 Å². The van der Waals surface area contributed by atoms with Crippen LogP contribution >= 0.6 is 11.3 Å². The Hall–Kier alpha value is -0.870. The van der Waals surface area contributed by atoms with Gasteiger partial charge in [0, 0.05) is 24.0 Å². The van der Waals surface area contributed by atoms with Gasteiger partial charge in [-0.2, -0.15) is 0 Å². The zero-order chi connectivity index (χ0) is 12.5. The highest BCUT2D eigenvalue weighted by molar-refractivity contribution is 7.10. The van der Waals surface area contributed by atoms with Crippen molar-refractivity contribution in [2.45, 2.75) is 44.7 Å². The number of carbonyl (C=O) groups excluding carboxylic acids is 1. The Kier molecular flexibility index (Phi) is 3.39. The van der Waals surface area contributed by atoms with E-state index in [0.717, 1.165) is 38.8 Å². The Morgan fingerprint density at radius 1 is 1.39 bits per heavy atom. The van der Waals surface area contributed by atoms with Gasteiger partial charge in [-0.25, -0.2) is 0 Å². The lowest BCUT2D eigenvalue weighted by Crippen LogP contribution is -2.47. The van der Waals surface area contributed by atoms with Gasteiger partial charge in [0.2, 0.25) is 5.91 Å². The van der Waals surface area contributed by atoms with Crippen LogP contribution in [0.2, 0.25) is 0 Å². The normalized spacial score (nSPS) is 27.9. The maximum atomic E-state index is 12.5. The van der Waals surface area contributed by atoms with Gasteiger partial charge < -0.3 is 10.6 Å². The van der Waals surface area contributed by atoms with Gasteiger partial charge in [0.25, 0.3) is 0 Å². The summed E-state index contributed by atoms with van der Waals surface area (Å²) in [5.74, 6) is 0.359. The number of amides is 1. The lowest BCUT2D eigenvalue weighted by Gasteiger charge is -2.34. The Labute approximate surface area is 112 Å². The number of carbonyl (C=O) groups is 1. The topological polar surface area (TPSA) is 46.3 Å². The molecule has 98 valence electrons. The van der Waals surface area contributed by atoms with Crippen LogP contribution in [0.5, 0.6) is 0 Å². The molecule has 0 radical (unpaired) electrons. The summed E-state index contributed by atoms with van der Waals surface area (Å²) in [6.07, 6.45) is 5.34. The number of hydrogen-bond donors (Lipinski definition) is 1. The number of hydrogen-bond acceptors (Lipinski definition) is 3. The van der Waals surface area contributed by atoms with E-state index in [1.807, 2.05) is 16.2 Å². The maximum Gasteiger partial charge on any atom is 0.227 e. The Morgan fingerprint density at radius 3 is 3.06 bits per heavy atom. The molecule has 18 heavy (non-hydrogen) atoms. The van der Waals surface area contributed by atoms with E-state index < -0.39 is 0 Å². The van der Waals surface area contributed by atoms with Crippen LogP contribution < -0.4 is 5.73 Å². The van der Waals surface area contributed by atoms with E-state index in [4.69, 9.17) is 5.73 Å². The summed E-state index contributed by atoms with van der Waals surface area (Å²) in [5.41, 5.74) is 7.45. The fraction of sp³-hybridized carbons (Fsp3) is 0.643. The van der Waals surface area contributed by atoms with Crippen molar-refractivity contribution < 1.29 is 4.79 Å². The van der Waals surface area contributed by atoms with Crippen molar-refractivity contribution in [1.29, 1.82) is 0 Å². The van der Waals surface area contributed by atoms with Crippen LogP contribution in [-0.2, 0) is 17.8 Å². The predicted octanol–water partition coefficient (Wildman–Crippen LogP) is 2.15. The fourth-order valence-electron chi connectivity index (χ4n) is 3.14. The molecular formula is C14H20N2OS. The molecule has 2 unspecified atom stereocenters. The monoisotopic (exact) mass is 264 g/mol. The second kappa shape index (κ2) is 5.02. The second-order valence-electron chi connectivity index (χ2n) is 5.43. The first-order chi connectivity index (χ1) is 8.75. The van der Waals surface area contributed by atoms with Crippen molar-refractivity contribution in [2.24, 2.45) is 11.7 Å². The Bertz CT molecular complexity index is 443. The van der Waals surface area contributed by atoms with Crippen molar-refractivity contribution in [3.05, 3.63) is 21.9 Å². The molecule has 3 nitrogen and oxygen atoms in total. The van der Waals surface area contributed by atoms with Crippen LogP contribution in [0.15, 0.2) is 11.4 Å². The average molecular weight is 264 g/mol. The minimum Gasteiger partial charge on any atom is -0.338 e. The van der Waals surface area contributed by atoms with Crippen molar-refractivity contribution in [3.8, 4) is 0 Å². The zero-order valence-corrected chi connectivity index (χ0v) is 11.4. The standard InChI is InChI=1S/C14H20N2OS/c15-12-4-2-1-3-11(12)14(17)16-7-5-13-10(9-16)6-8-18-13/h6,8,11-12H,1-5,7,9,15H2. The largest absolute Gasteiger partial charge is 0.338 e. The molecule has 1 saturated carbocycles. The highest BCUT2D eigenvalue weighted by Crippen LogP contribution is 2.29. The highest BCUT2D eigenvalue weighted by Gasteiger charge is 2.33. The number of nitrogens with zero attached hydrogens (tertiary/aromatic N) is 1.